The zero-order valence-electron chi connectivity index (χ0n) is 8.96. The molecule has 0 amide bonds. The normalized spacial score (nSPS) is 10.3. The first-order chi connectivity index (χ1) is 7.81. The molecule has 16 heavy (non-hydrogen) atoms. The van der Waals surface area contributed by atoms with Gasteiger partial charge in [-0.2, -0.15) is 9.67 Å². The van der Waals surface area contributed by atoms with Crippen LogP contribution in [0.1, 0.15) is 13.3 Å². The molecule has 0 aliphatic carbocycles. The third-order valence-electron chi connectivity index (χ3n) is 1.95. The van der Waals surface area contributed by atoms with Crippen LogP contribution < -0.4 is 11.1 Å². The van der Waals surface area contributed by atoms with Crippen LogP contribution in [0.4, 0.5) is 11.9 Å². The van der Waals surface area contributed by atoms with E-state index in [0.717, 1.165) is 13.0 Å². The highest BCUT2D eigenvalue weighted by atomic mass is 15.4. The van der Waals surface area contributed by atoms with Gasteiger partial charge in [0.1, 0.15) is 6.33 Å². The first kappa shape index (κ1) is 10.3. The molecule has 0 aromatic carbocycles. The van der Waals surface area contributed by atoms with Crippen LogP contribution >= 0.6 is 0 Å². The molecule has 7 nitrogen and oxygen atoms in total. The molecule has 0 radical (unpaired) electrons. The van der Waals surface area contributed by atoms with Gasteiger partial charge in [0.05, 0.1) is 0 Å². The molecule has 0 unspecified atom stereocenters. The Kier molecular flexibility index (Phi) is 2.95. The molecule has 0 spiro atoms. The SMILES string of the molecule is CCCNc1nc(N)n(-c2ccncn2)n1. The Morgan fingerprint density at radius 3 is 3.06 bits per heavy atom. The monoisotopic (exact) mass is 219 g/mol. The second kappa shape index (κ2) is 4.56. The number of nitrogen functional groups attached to an aromatic ring is 1. The molecule has 0 fully saturated rings. The van der Waals surface area contributed by atoms with Crippen LogP contribution in [0.5, 0.6) is 0 Å². The Hall–Kier alpha value is -2.18. The van der Waals surface area contributed by atoms with E-state index in [-0.39, 0.29) is 0 Å². The highest BCUT2D eigenvalue weighted by Crippen LogP contribution is 2.10. The van der Waals surface area contributed by atoms with Crippen molar-refractivity contribution in [2.24, 2.45) is 0 Å². The van der Waals surface area contributed by atoms with E-state index in [1.807, 2.05) is 0 Å². The molecule has 0 aliphatic rings. The lowest BCUT2D eigenvalue weighted by atomic mass is 10.5. The van der Waals surface area contributed by atoms with Gasteiger partial charge in [0.2, 0.25) is 11.9 Å². The fraction of sp³-hybridized carbons (Fsp3) is 0.333. The van der Waals surface area contributed by atoms with Gasteiger partial charge in [-0.1, -0.05) is 6.92 Å². The Balaban J connectivity index is 2.25. The number of aromatic nitrogens is 5. The van der Waals surface area contributed by atoms with Crippen molar-refractivity contribution in [1.82, 2.24) is 24.7 Å². The summed E-state index contributed by atoms with van der Waals surface area (Å²) in [5.74, 6) is 1.42. The molecule has 3 N–H and O–H groups in total. The van der Waals surface area contributed by atoms with Crippen molar-refractivity contribution in [2.45, 2.75) is 13.3 Å². The fourth-order valence-corrected chi connectivity index (χ4v) is 1.21. The Bertz CT molecular complexity index is 450. The maximum absolute atomic E-state index is 5.73. The second-order valence-corrected chi connectivity index (χ2v) is 3.20. The topological polar surface area (TPSA) is 94.5 Å². The van der Waals surface area contributed by atoms with Crippen LogP contribution in [0.3, 0.4) is 0 Å². The van der Waals surface area contributed by atoms with Crippen molar-refractivity contribution in [3.63, 3.8) is 0 Å². The summed E-state index contributed by atoms with van der Waals surface area (Å²) < 4.78 is 1.47. The van der Waals surface area contributed by atoms with Crippen LogP contribution in [0.25, 0.3) is 5.82 Å². The molecule has 2 rings (SSSR count). The largest absolute Gasteiger partial charge is 0.368 e. The van der Waals surface area contributed by atoms with Crippen LogP contribution in [0, 0.1) is 0 Å². The van der Waals surface area contributed by atoms with E-state index in [1.54, 1.807) is 12.3 Å². The molecule has 0 atom stereocenters. The number of hydrogen-bond acceptors (Lipinski definition) is 6. The minimum Gasteiger partial charge on any atom is -0.368 e. The molecule has 2 aromatic rings. The lowest BCUT2D eigenvalue weighted by molar-refractivity contribution is 0.844. The van der Waals surface area contributed by atoms with Gasteiger partial charge in [-0.15, -0.1) is 5.10 Å². The molecule has 2 aromatic heterocycles. The second-order valence-electron chi connectivity index (χ2n) is 3.20. The molecular formula is C9H13N7. The van der Waals surface area contributed by atoms with E-state index < -0.39 is 0 Å². The summed E-state index contributed by atoms with van der Waals surface area (Å²) in [6, 6.07) is 1.72. The van der Waals surface area contributed by atoms with Gasteiger partial charge in [-0.25, -0.2) is 9.97 Å². The van der Waals surface area contributed by atoms with Gasteiger partial charge in [0.25, 0.3) is 0 Å². The van der Waals surface area contributed by atoms with Gasteiger partial charge in [0, 0.05) is 18.8 Å². The molecule has 0 saturated heterocycles. The van der Waals surface area contributed by atoms with Crippen molar-refractivity contribution < 1.29 is 0 Å². The van der Waals surface area contributed by atoms with Crippen molar-refractivity contribution >= 4 is 11.9 Å². The smallest absolute Gasteiger partial charge is 0.244 e. The van der Waals surface area contributed by atoms with Gasteiger partial charge in [-0.3, -0.25) is 0 Å². The predicted octanol–water partition coefficient (Wildman–Crippen LogP) is 0.461. The quantitative estimate of drug-likeness (QED) is 0.775. The fourth-order valence-electron chi connectivity index (χ4n) is 1.21. The summed E-state index contributed by atoms with van der Waals surface area (Å²) in [4.78, 5) is 12.0. The van der Waals surface area contributed by atoms with Crippen LogP contribution in [0.2, 0.25) is 0 Å². The van der Waals surface area contributed by atoms with Crippen LogP contribution in [0.15, 0.2) is 18.6 Å². The van der Waals surface area contributed by atoms with E-state index in [4.69, 9.17) is 5.73 Å². The standard InChI is InChI=1S/C9H13N7/c1-2-4-12-9-14-8(10)16(15-9)7-3-5-11-6-13-7/h3,5-6H,2,4H2,1H3,(H3,10,12,14,15). The van der Waals surface area contributed by atoms with Gasteiger partial charge in [-0.05, 0) is 6.42 Å². The summed E-state index contributed by atoms with van der Waals surface area (Å²) in [6.45, 7) is 2.88. The Morgan fingerprint density at radius 2 is 2.38 bits per heavy atom. The van der Waals surface area contributed by atoms with Crippen molar-refractivity contribution in [1.29, 1.82) is 0 Å². The van der Waals surface area contributed by atoms with E-state index in [1.165, 1.54) is 11.0 Å². The highest BCUT2D eigenvalue weighted by molar-refractivity contribution is 5.37. The molecule has 0 saturated carbocycles. The summed E-state index contributed by atoms with van der Waals surface area (Å²) in [7, 11) is 0. The maximum atomic E-state index is 5.73. The lowest BCUT2D eigenvalue weighted by Gasteiger charge is -1.99. The first-order valence-corrected chi connectivity index (χ1v) is 5.04. The van der Waals surface area contributed by atoms with Gasteiger partial charge >= 0.3 is 0 Å². The third kappa shape index (κ3) is 2.08. The minimum absolute atomic E-state index is 0.303. The number of nitrogens with two attached hydrogens (primary N) is 1. The summed E-state index contributed by atoms with van der Waals surface area (Å²) in [5, 5.41) is 7.26. The number of hydrogen-bond donors (Lipinski definition) is 2. The van der Waals surface area contributed by atoms with Crippen molar-refractivity contribution in [3.8, 4) is 5.82 Å². The average Bonchev–Trinajstić information content (AvgIpc) is 2.69. The van der Waals surface area contributed by atoms with Crippen LogP contribution in [-0.2, 0) is 0 Å². The molecule has 0 bridgehead atoms. The Labute approximate surface area is 92.7 Å². The van der Waals surface area contributed by atoms with Gasteiger partial charge < -0.3 is 11.1 Å². The molecule has 7 heteroatoms. The molecule has 84 valence electrons. The molecule has 0 aliphatic heterocycles. The van der Waals surface area contributed by atoms with Crippen molar-refractivity contribution in [2.75, 3.05) is 17.6 Å². The first-order valence-electron chi connectivity index (χ1n) is 5.04. The summed E-state index contributed by atoms with van der Waals surface area (Å²) in [6.07, 6.45) is 4.07. The lowest BCUT2D eigenvalue weighted by Crippen LogP contribution is -2.05. The Morgan fingerprint density at radius 1 is 1.50 bits per heavy atom. The van der Waals surface area contributed by atoms with Gasteiger partial charge in [0.15, 0.2) is 5.82 Å². The van der Waals surface area contributed by atoms with Crippen molar-refractivity contribution in [3.05, 3.63) is 18.6 Å². The molecule has 2 heterocycles. The van der Waals surface area contributed by atoms with Crippen LogP contribution in [-0.4, -0.2) is 31.3 Å². The predicted molar refractivity (Wildman–Crippen MR) is 60.1 cm³/mol. The minimum atomic E-state index is 0.303. The highest BCUT2D eigenvalue weighted by Gasteiger charge is 2.08. The zero-order valence-corrected chi connectivity index (χ0v) is 8.96. The van der Waals surface area contributed by atoms with E-state index in [0.29, 0.717) is 17.7 Å². The molecular weight excluding hydrogens is 206 g/mol. The van der Waals surface area contributed by atoms with E-state index in [2.05, 4.69) is 32.3 Å². The average molecular weight is 219 g/mol. The maximum Gasteiger partial charge on any atom is 0.244 e. The third-order valence-corrected chi connectivity index (χ3v) is 1.95. The van der Waals surface area contributed by atoms with E-state index >= 15 is 0 Å². The summed E-state index contributed by atoms with van der Waals surface area (Å²) >= 11 is 0. The number of nitrogens with zero attached hydrogens (tertiary/aromatic N) is 5. The van der Waals surface area contributed by atoms with E-state index in [9.17, 15) is 0 Å². The summed E-state index contributed by atoms with van der Waals surface area (Å²) in [5.41, 5.74) is 5.73. The number of anilines is 2. The number of rotatable bonds is 4. The number of nitrogens with one attached hydrogen (secondary N) is 1. The zero-order chi connectivity index (χ0) is 11.4.